The summed E-state index contributed by atoms with van der Waals surface area (Å²) in [6, 6.07) is 23.4. The molecule has 0 saturated carbocycles. The minimum Gasteiger partial charge on any atom is -0.338 e. The molecule has 0 bridgehead atoms. The Bertz CT molecular complexity index is 1290. The quantitative estimate of drug-likeness (QED) is 0.330. The number of likely N-dealkylation sites (tertiary alicyclic amines) is 1. The van der Waals surface area contributed by atoms with Crippen molar-refractivity contribution in [3.63, 3.8) is 0 Å². The topological polar surface area (TPSA) is 38.1 Å². The lowest BCUT2D eigenvalue weighted by Gasteiger charge is -2.18. The van der Waals surface area contributed by atoms with E-state index in [9.17, 15) is 9.18 Å². The minimum absolute atomic E-state index is 0.0275. The van der Waals surface area contributed by atoms with Crippen LogP contribution in [0.25, 0.3) is 11.0 Å². The third-order valence-electron chi connectivity index (χ3n) is 7.05. The van der Waals surface area contributed by atoms with Gasteiger partial charge in [0.15, 0.2) is 0 Å². The molecule has 3 aromatic carbocycles. The zero-order valence-electron chi connectivity index (χ0n) is 19.7. The molecule has 0 aliphatic carbocycles. The second kappa shape index (κ2) is 9.41. The molecule has 2 heterocycles. The Labute approximate surface area is 200 Å². The number of carbonyl (C=O) groups excluding carboxylic acids is 1. The number of hydrogen-bond donors (Lipinski definition) is 0. The molecule has 1 aliphatic heterocycles. The smallest absolute Gasteiger partial charge is 0.223 e. The Balaban J connectivity index is 1.42. The van der Waals surface area contributed by atoms with Gasteiger partial charge < -0.3 is 9.47 Å². The highest BCUT2D eigenvalue weighted by atomic mass is 19.1. The standard InChI is InChI=1S/C29H30FN3O/c1-3-20(2)23-12-8-22(9-13-23)18-33-27-7-5-4-6-26(27)31-29(33)24-16-28(34)32(19-24)17-21-10-14-25(30)15-11-21/h4-15,20,24H,3,16-19H2,1-2H3. The maximum atomic E-state index is 13.3. The Morgan fingerprint density at radius 1 is 0.971 bits per heavy atom. The second-order valence-electron chi connectivity index (χ2n) is 9.40. The van der Waals surface area contributed by atoms with E-state index in [4.69, 9.17) is 4.98 Å². The molecule has 34 heavy (non-hydrogen) atoms. The van der Waals surface area contributed by atoms with Crippen LogP contribution in [0.3, 0.4) is 0 Å². The zero-order valence-corrected chi connectivity index (χ0v) is 19.7. The molecule has 1 fully saturated rings. The summed E-state index contributed by atoms with van der Waals surface area (Å²) in [6.45, 7) is 6.30. The molecule has 0 spiro atoms. The van der Waals surface area contributed by atoms with Gasteiger partial charge in [0, 0.05) is 32.0 Å². The van der Waals surface area contributed by atoms with Crippen molar-refractivity contribution in [2.75, 3.05) is 6.54 Å². The van der Waals surface area contributed by atoms with Crippen LogP contribution in [0.2, 0.25) is 0 Å². The van der Waals surface area contributed by atoms with Crippen LogP contribution in [0, 0.1) is 5.82 Å². The summed E-state index contributed by atoms with van der Waals surface area (Å²) >= 11 is 0. The molecular formula is C29H30FN3O. The first-order valence-electron chi connectivity index (χ1n) is 12.1. The largest absolute Gasteiger partial charge is 0.338 e. The summed E-state index contributed by atoms with van der Waals surface area (Å²) in [5.41, 5.74) is 5.57. The number of benzene rings is 3. The fraction of sp³-hybridized carbons (Fsp3) is 0.310. The molecule has 1 saturated heterocycles. The highest BCUT2D eigenvalue weighted by Gasteiger charge is 2.34. The van der Waals surface area contributed by atoms with Gasteiger partial charge in [-0.25, -0.2) is 9.37 Å². The van der Waals surface area contributed by atoms with Crippen molar-refractivity contribution in [2.45, 2.75) is 51.6 Å². The van der Waals surface area contributed by atoms with E-state index in [1.807, 2.05) is 23.1 Å². The van der Waals surface area contributed by atoms with Crippen LogP contribution >= 0.6 is 0 Å². The summed E-state index contributed by atoms with van der Waals surface area (Å²) < 4.78 is 15.5. The first-order valence-corrected chi connectivity index (χ1v) is 12.1. The van der Waals surface area contributed by atoms with E-state index in [-0.39, 0.29) is 17.6 Å². The molecule has 2 unspecified atom stereocenters. The lowest BCUT2D eigenvalue weighted by Crippen LogP contribution is -2.24. The molecule has 1 amide bonds. The van der Waals surface area contributed by atoms with Crippen molar-refractivity contribution in [1.82, 2.24) is 14.5 Å². The van der Waals surface area contributed by atoms with E-state index >= 15 is 0 Å². The summed E-state index contributed by atoms with van der Waals surface area (Å²) in [7, 11) is 0. The van der Waals surface area contributed by atoms with Crippen LogP contribution < -0.4 is 0 Å². The van der Waals surface area contributed by atoms with Crippen LogP contribution in [0.1, 0.15) is 61.0 Å². The number of fused-ring (bicyclic) bond motifs is 1. The number of amides is 1. The van der Waals surface area contributed by atoms with E-state index in [1.54, 1.807) is 12.1 Å². The molecule has 4 aromatic rings. The van der Waals surface area contributed by atoms with Crippen LogP contribution in [0.5, 0.6) is 0 Å². The number of halogens is 1. The molecule has 1 aliphatic rings. The number of hydrogen-bond acceptors (Lipinski definition) is 2. The zero-order chi connectivity index (χ0) is 23.7. The first kappa shape index (κ1) is 22.3. The third-order valence-corrected chi connectivity index (χ3v) is 7.05. The Kier molecular flexibility index (Phi) is 6.18. The number of aromatic nitrogens is 2. The molecule has 1 aromatic heterocycles. The van der Waals surface area contributed by atoms with Crippen molar-refractivity contribution < 1.29 is 9.18 Å². The molecule has 174 valence electrons. The third kappa shape index (κ3) is 4.47. The lowest BCUT2D eigenvalue weighted by molar-refractivity contribution is -0.128. The molecule has 2 atom stereocenters. The van der Waals surface area contributed by atoms with Gasteiger partial charge in [-0.15, -0.1) is 0 Å². The molecule has 5 rings (SSSR count). The molecule has 0 N–H and O–H groups in total. The fourth-order valence-electron chi connectivity index (χ4n) is 4.85. The van der Waals surface area contributed by atoms with Crippen molar-refractivity contribution in [1.29, 1.82) is 0 Å². The minimum atomic E-state index is -0.264. The van der Waals surface area contributed by atoms with Gasteiger partial charge >= 0.3 is 0 Å². The maximum absolute atomic E-state index is 13.3. The Hall–Kier alpha value is -3.47. The van der Waals surface area contributed by atoms with Gasteiger partial charge in [0.25, 0.3) is 0 Å². The Morgan fingerprint density at radius 2 is 1.65 bits per heavy atom. The maximum Gasteiger partial charge on any atom is 0.223 e. The van der Waals surface area contributed by atoms with E-state index in [0.717, 1.165) is 35.4 Å². The first-order chi connectivity index (χ1) is 16.5. The summed E-state index contributed by atoms with van der Waals surface area (Å²) in [4.78, 5) is 19.7. The van der Waals surface area contributed by atoms with Gasteiger partial charge in [-0.05, 0) is 53.3 Å². The second-order valence-corrected chi connectivity index (χ2v) is 9.40. The molecule has 0 radical (unpaired) electrons. The molecule has 4 nitrogen and oxygen atoms in total. The van der Waals surface area contributed by atoms with Crippen molar-refractivity contribution in [2.24, 2.45) is 0 Å². The monoisotopic (exact) mass is 455 g/mol. The average molecular weight is 456 g/mol. The predicted octanol–water partition coefficient (Wildman–Crippen LogP) is 6.25. The van der Waals surface area contributed by atoms with E-state index in [2.05, 4.69) is 48.7 Å². The highest BCUT2D eigenvalue weighted by Crippen LogP contribution is 2.32. The van der Waals surface area contributed by atoms with Crippen molar-refractivity contribution in [3.05, 3.63) is 101 Å². The summed E-state index contributed by atoms with van der Waals surface area (Å²) in [6.07, 6.45) is 1.57. The van der Waals surface area contributed by atoms with Crippen molar-refractivity contribution in [3.8, 4) is 0 Å². The predicted molar refractivity (Wildman–Crippen MR) is 133 cm³/mol. The summed E-state index contributed by atoms with van der Waals surface area (Å²) in [5, 5.41) is 0. The Morgan fingerprint density at radius 3 is 2.38 bits per heavy atom. The van der Waals surface area contributed by atoms with Gasteiger partial charge in [0.2, 0.25) is 5.91 Å². The van der Waals surface area contributed by atoms with E-state index in [1.165, 1.54) is 23.3 Å². The molecular weight excluding hydrogens is 425 g/mol. The van der Waals surface area contributed by atoms with Gasteiger partial charge in [0.1, 0.15) is 11.6 Å². The van der Waals surface area contributed by atoms with Gasteiger partial charge in [-0.1, -0.05) is 62.4 Å². The number of imidazole rings is 1. The number of nitrogens with zero attached hydrogens (tertiary/aromatic N) is 3. The fourth-order valence-corrected chi connectivity index (χ4v) is 4.85. The van der Waals surface area contributed by atoms with Gasteiger partial charge in [0.05, 0.1) is 11.0 Å². The number of carbonyl (C=O) groups is 1. The number of rotatable bonds is 7. The normalized spacial score (nSPS) is 17.0. The van der Waals surface area contributed by atoms with E-state index in [0.29, 0.717) is 25.4 Å². The SMILES string of the molecule is CCC(C)c1ccc(Cn2c(C3CC(=O)N(Cc4ccc(F)cc4)C3)nc3ccccc32)cc1. The van der Waals surface area contributed by atoms with Crippen LogP contribution in [-0.2, 0) is 17.9 Å². The van der Waals surface area contributed by atoms with Crippen LogP contribution in [-0.4, -0.2) is 26.9 Å². The van der Waals surface area contributed by atoms with Crippen LogP contribution in [0.15, 0.2) is 72.8 Å². The van der Waals surface area contributed by atoms with Gasteiger partial charge in [-0.3, -0.25) is 4.79 Å². The molecule has 5 heteroatoms. The lowest BCUT2D eigenvalue weighted by atomic mass is 9.97. The van der Waals surface area contributed by atoms with E-state index < -0.39 is 0 Å². The number of para-hydroxylation sites is 2. The average Bonchev–Trinajstić information content (AvgIpc) is 3.40. The van der Waals surface area contributed by atoms with Crippen molar-refractivity contribution >= 4 is 16.9 Å². The van der Waals surface area contributed by atoms with Gasteiger partial charge in [-0.2, -0.15) is 0 Å². The summed E-state index contributed by atoms with van der Waals surface area (Å²) in [5.74, 6) is 1.39. The highest BCUT2D eigenvalue weighted by molar-refractivity contribution is 5.81. The van der Waals surface area contributed by atoms with Crippen LogP contribution in [0.4, 0.5) is 4.39 Å².